The van der Waals surface area contributed by atoms with Crippen LogP contribution in [0.15, 0.2) is 30.9 Å². The molecule has 128 valence electrons. The molecule has 0 bridgehead atoms. The first-order valence-electron chi connectivity index (χ1n) is 7.09. The number of alkyl halides is 3. The summed E-state index contributed by atoms with van der Waals surface area (Å²) in [5, 5.41) is 2.50. The summed E-state index contributed by atoms with van der Waals surface area (Å²) >= 11 is 0. The number of anilines is 1. The van der Waals surface area contributed by atoms with E-state index in [1.807, 2.05) is 0 Å². The minimum Gasteiger partial charge on any atom is -0.454 e. The van der Waals surface area contributed by atoms with Gasteiger partial charge in [0.1, 0.15) is 6.04 Å². The highest BCUT2D eigenvalue weighted by Gasteiger charge is 2.42. The second-order valence-electron chi connectivity index (χ2n) is 5.34. The third-order valence-electron chi connectivity index (χ3n) is 3.64. The molecule has 0 fully saturated rings. The fourth-order valence-electron chi connectivity index (χ4n) is 2.40. The van der Waals surface area contributed by atoms with Gasteiger partial charge in [0.15, 0.2) is 11.5 Å². The van der Waals surface area contributed by atoms with Gasteiger partial charge in [0.2, 0.25) is 12.7 Å². The first-order chi connectivity index (χ1) is 11.3. The summed E-state index contributed by atoms with van der Waals surface area (Å²) in [6.45, 7) is 1.79. The fraction of sp³-hybridized carbons (Fsp3) is 0.333. The number of imidazole rings is 1. The number of carbonyl (C=O) groups excluding carboxylic acids is 1. The lowest BCUT2D eigenvalue weighted by molar-refractivity contribution is -0.171. The Bertz CT molecular complexity index is 744. The highest BCUT2D eigenvalue weighted by molar-refractivity contribution is 5.92. The topological polar surface area (TPSA) is 65.4 Å². The van der Waals surface area contributed by atoms with E-state index < -0.39 is 24.5 Å². The van der Waals surface area contributed by atoms with Gasteiger partial charge in [-0.2, -0.15) is 13.2 Å². The summed E-state index contributed by atoms with van der Waals surface area (Å²) in [6.07, 6.45) is -1.87. The molecule has 1 aliphatic rings. The second kappa shape index (κ2) is 6.06. The van der Waals surface area contributed by atoms with Crippen LogP contribution in [-0.2, 0) is 4.79 Å². The van der Waals surface area contributed by atoms with E-state index in [-0.39, 0.29) is 6.79 Å². The van der Waals surface area contributed by atoms with Gasteiger partial charge in [-0.15, -0.1) is 0 Å². The van der Waals surface area contributed by atoms with Gasteiger partial charge in [0.05, 0.1) is 12.7 Å². The Kier molecular flexibility index (Phi) is 4.08. The van der Waals surface area contributed by atoms with Crippen molar-refractivity contribution in [3.63, 3.8) is 0 Å². The molecule has 1 amide bonds. The van der Waals surface area contributed by atoms with E-state index in [0.717, 1.165) is 10.9 Å². The van der Waals surface area contributed by atoms with Crippen LogP contribution in [0.25, 0.3) is 0 Å². The van der Waals surface area contributed by atoms with Crippen molar-refractivity contribution in [2.24, 2.45) is 0 Å². The van der Waals surface area contributed by atoms with Gasteiger partial charge in [-0.3, -0.25) is 4.79 Å². The highest BCUT2D eigenvalue weighted by atomic mass is 19.4. The smallest absolute Gasteiger partial charge is 0.409 e. The van der Waals surface area contributed by atoms with Gasteiger partial charge in [-0.25, -0.2) is 4.98 Å². The maximum Gasteiger partial charge on any atom is 0.409 e. The van der Waals surface area contributed by atoms with Crippen molar-refractivity contribution < 1.29 is 27.4 Å². The van der Waals surface area contributed by atoms with E-state index in [4.69, 9.17) is 9.47 Å². The summed E-state index contributed by atoms with van der Waals surface area (Å²) in [6, 6.07) is 1.22. The third-order valence-corrected chi connectivity index (χ3v) is 3.64. The van der Waals surface area contributed by atoms with Crippen LogP contribution in [0.5, 0.6) is 11.5 Å². The van der Waals surface area contributed by atoms with Crippen molar-refractivity contribution in [3.8, 4) is 11.5 Å². The molecule has 2 heterocycles. The Hall–Kier alpha value is -2.71. The number of ether oxygens (including phenoxy) is 2. The normalized spacial score (nSPS) is 14.5. The SMILES string of the molecule is Cc1cc2c(cc1NC(=O)C[C@H](n1ccnc1)C(F)(F)F)OCO2. The zero-order chi connectivity index (χ0) is 17.3. The van der Waals surface area contributed by atoms with Crippen LogP contribution in [-0.4, -0.2) is 28.4 Å². The molecule has 1 N–H and O–H groups in total. The number of aryl methyl sites for hydroxylation is 1. The van der Waals surface area contributed by atoms with Crippen molar-refractivity contribution >= 4 is 11.6 Å². The zero-order valence-corrected chi connectivity index (χ0v) is 12.6. The number of aromatic nitrogens is 2. The summed E-state index contributed by atoms with van der Waals surface area (Å²) in [5.41, 5.74) is 1.05. The molecule has 1 aromatic carbocycles. The first-order valence-corrected chi connectivity index (χ1v) is 7.09. The van der Waals surface area contributed by atoms with Gasteiger partial charge < -0.3 is 19.4 Å². The van der Waals surface area contributed by atoms with Gasteiger partial charge in [0, 0.05) is 24.1 Å². The monoisotopic (exact) mass is 341 g/mol. The number of hydrogen-bond acceptors (Lipinski definition) is 4. The minimum absolute atomic E-state index is 0.0724. The molecule has 2 aromatic rings. The number of benzene rings is 1. The summed E-state index contributed by atoms with van der Waals surface area (Å²) in [7, 11) is 0. The molecule has 1 aromatic heterocycles. The Balaban J connectivity index is 1.75. The predicted molar refractivity (Wildman–Crippen MR) is 77.9 cm³/mol. The van der Waals surface area contributed by atoms with Crippen LogP contribution in [0, 0.1) is 6.92 Å². The van der Waals surface area contributed by atoms with E-state index in [9.17, 15) is 18.0 Å². The van der Waals surface area contributed by atoms with E-state index >= 15 is 0 Å². The third kappa shape index (κ3) is 3.29. The fourth-order valence-corrected chi connectivity index (χ4v) is 2.40. The Labute approximate surface area is 135 Å². The van der Waals surface area contributed by atoms with Crippen molar-refractivity contribution in [2.75, 3.05) is 12.1 Å². The molecule has 3 rings (SSSR count). The Morgan fingerprint density at radius 1 is 1.38 bits per heavy atom. The van der Waals surface area contributed by atoms with Crippen LogP contribution >= 0.6 is 0 Å². The average Bonchev–Trinajstić information content (AvgIpc) is 3.14. The molecular weight excluding hydrogens is 327 g/mol. The number of carbonyl (C=O) groups is 1. The standard InChI is InChI=1S/C15H14F3N3O3/c1-9-4-11-12(24-8-23-11)5-10(9)20-14(22)6-13(15(16,17)18)21-3-2-19-7-21/h2-5,7,13H,6,8H2,1H3,(H,20,22)/t13-/m0/s1. The number of nitrogens with zero attached hydrogens (tertiary/aromatic N) is 2. The minimum atomic E-state index is -4.57. The van der Waals surface area contributed by atoms with Crippen LogP contribution in [0.2, 0.25) is 0 Å². The number of fused-ring (bicyclic) bond motifs is 1. The van der Waals surface area contributed by atoms with Crippen molar-refractivity contribution in [1.29, 1.82) is 0 Å². The summed E-state index contributed by atoms with van der Waals surface area (Å²) < 4.78 is 50.8. The quantitative estimate of drug-likeness (QED) is 0.928. The predicted octanol–water partition coefficient (Wildman–Crippen LogP) is 3.05. The molecule has 1 aliphatic heterocycles. The van der Waals surface area contributed by atoms with Crippen molar-refractivity contribution in [2.45, 2.75) is 25.6 Å². The summed E-state index contributed by atoms with van der Waals surface area (Å²) in [4.78, 5) is 15.7. The molecule has 1 atom stereocenters. The molecule has 0 unspecified atom stereocenters. The van der Waals surface area contributed by atoms with Crippen LogP contribution < -0.4 is 14.8 Å². The van der Waals surface area contributed by atoms with E-state index in [1.54, 1.807) is 13.0 Å². The number of halogens is 3. The number of hydrogen-bond donors (Lipinski definition) is 1. The van der Waals surface area contributed by atoms with Gasteiger partial charge in [-0.05, 0) is 18.6 Å². The van der Waals surface area contributed by atoms with Gasteiger partial charge in [0.25, 0.3) is 0 Å². The van der Waals surface area contributed by atoms with Gasteiger partial charge >= 0.3 is 6.18 Å². The Morgan fingerprint density at radius 2 is 2.08 bits per heavy atom. The second-order valence-corrected chi connectivity index (χ2v) is 5.34. The molecule has 0 radical (unpaired) electrons. The molecule has 9 heteroatoms. The molecule has 6 nitrogen and oxygen atoms in total. The number of rotatable bonds is 4. The summed E-state index contributed by atoms with van der Waals surface area (Å²) in [5.74, 6) is 0.225. The van der Waals surface area contributed by atoms with Crippen LogP contribution in [0.3, 0.4) is 0 Å². The van der Waals surface area contributed by atoms with Crippen LogP contribution in [0.1, 0.15) is 18.0 Å². The molecule has 0 saturated heterocycles. The number of nitrogens with one attached hydrogen (secondary N) is 1. The molecular formula is C15H14F3N3O3. The van der Waals surface area contributed by atoms with E-state index in [0.29, 0.717) is 22.7 Å². The van der Waals surface area contributed by atoms with E-state index in [2.05, 4.69) is 10.3 Å². The average molecular weight is 341 g/mol. The van der Waals surface area contributed by atoms with Crippen molar-refractivity contribution in [1.82, 2.24) is 9.55 Å². The lowest BCUT2D eigenvalue weighted by atomic mass is 10.1. The molecule has 24 heavy (non-hydrogen) atoms. The molecule has 0 spiro atoms. The number of amides is 1. The molecule has 0 saturated carbocycles. The lowest BCUT2D eigenvalue weighted by Gasteiger charge is -2.21. The Morgan fingerprint density at radius 3 is 2.71 bits per heavy atom. The highest BCUT2D eigenvalue weighted by Crippen LogP contribution is 2.37. The maximum atomic E-state index is 13.2. The van der Waals surface area contributed by atoms with E-state index in [1.165, 1.54) is 18.5 Å². The van der Waals surface area contributed by atoms with Gasteiger partial charge in [-0.1, -0.05) is 0 Å². The zero-order valence-electron chi connectivity index (χ0n) is 12.6. The largest absolute Gasteiger partial charge is 0.454 e. The molecule has 0 aliphatic carbocycles. The van der Waals surface area contributed by atoms with Crippen LogP contribution in [0.4, 0.5) is 18.9 Å². The lowest BCUT2D eigenvalue weighted by Crippen LogP contribution is -2.30. The van der Waals surface area contributed by atoms with Crippen molar-refractivity contribution in [3.05, 3.63) is 36.4 Å². The maximum absolute atomic E-state index is 13.2. The first kappa shape index (κ1) is 16.2.